The number of benzene rings is 6. The summed E-state index contributed by atoms with van der Waals surface area (Å²) in [5.41, 5.74) is 15.6. The van der Waals surface area contributed by atoms with Crippen LogP contribution >= 0.6 is 0 Å². The number of fused-ring (bicyclic) bond motifs is 13. The van der Waals surface area contributed by atoms with Gasteiger partial charge in [-0.25, -0.2) is 4.98 Å². The molecule has 1 unspecified atom stereocenters. The molecule has 6 nitrogen and oxygen atoms in total. The first-order valence-electron chi connectivity index (χ1n) is 18.8. The number of aromatic nitrogens is 6. The summed E-state index contributed by atoms with van der Waals surface area (Å²) >= 11 is 0. The van der Waals surface area contributed by atoms with Gasteiger partial charge in [-0.05, 0) is 92.0 Å². The molecule has 6 heteroatoms. The quantitative estimate of drug-likeness (QED) is 0.181. The maximum absolute atomic E-state index is 5.12. The first kappa shape index (κ1) is 30.8. The van der Waals surface area contributed by atoms with E-state index in [0.29, 0.717) is 17.6 Å². The van der Waals surface area contributed by atoms with E-state index in [2.05, 4.69) is 124 Å². The molecule has 6 aromatic carbocycles. The third-order valence-corrected chi connectivity index (χ3v) is 11.7. The summed E-state index contributed by atoms with van der Waals surface area (Å²) < 4.78 is 2.18. The summed E-state index contributed by atoms with van der Waals surface area (Å²) in [5.74, 6) is 1.84. The lowest BCUT2D eigenvalue weighted by Gasteiger charge is -2.30. The lowest BCUT2D eigenvalue weighted by Crippen LogP contribution is -2.26. The Morgan fingerprint density at radius 3 is 1.64 bits per heavy atom. The zero-order valence-corrected chi connectivity index (χ0v) is 30.0. The molecule has 12 rings (SSSR count). The van der Waals surface area contributed by atoms with Crippen molar-refractivity contribution in [1.82, 2.24) is 29.5 Å². The average molecular weight is 715 g/mol. The number of hydrogen-bond donors (Lipinski definition) is 0. The van der Waals surface area contributed by atoms with E-state index >= 15 is 0 Å². The van der Waals surface area contributed by atoms with Crippen molar-refractivity contribution in [2.45, 2.75) is 5.41 Å². The highest BCUT2D eigenvalue weighted by Crippen LogP contribution is 2.62. The second-order valence-electron chi connectivity index (χ2n) is 14.5. The molecular formula is C50H30N6. The molecule has 0 N–H and O–H groups in total. The largest absolute Gasteiger partial charge is 0.278 e. The van der Waals surface area contributed by atoms with E-state index in [1.807, 2.05) is 73.1 Å². The van der Waals surface area contributed by atoms with Gasteiger partial charge in [0.2, 0.25) is 5.95 Å². The van der Waals surface area contributed by atoms with Crippen molar-refractivity contribution < 1.29 is 0 Å². The minimum atomic E-state index is -0.513. The monoisotopic (exact) mass is 714 g/mol. The normalized spacial score (nSPS) is 14.9. The van der Waals surface area contributed by atoms with Gasteiger partial charge in [0.15, 0.2) is 11.6 Å². The topological polar surface area (TPSA) is 69.4 Å². The first-order valence-corrected chi connectivity index (χ1v) is 18.8. The van der Waals surface area contributed by atoms with Crippen molar-refractivity contribution in [2.24, 2.45) is 0 Å². The number of rotatable bonds is 4. The van der Waals surface area contributed by atoms with Crippen LogP contribution in [0.4, 0.5) is 0 Å². The Kier molecular flexibility index (Phi) is 6.45. The van der Waals surface area contributed by atoms with E-state index in [1.54, 1.807) is 0 Å². The zero-order valence-electron chi connectivity index (χ0n) is 30.0. The minimum absolute atomic E-state index is 0.513. The Morgan fingerprint density at radius 2 is 0.929 bits per heavy atom. The van der Waals surface area contributed by atoms with Gasteiger partial charge in [-0.1, -0.05) is 121 Å². The molecule has 0 bridgehead atoms. The third kappa shape index (κ3) is 4.23. The molecular weight excluding hydrogens is 685 g/mol. The summed E-state index contributed by atoms with van der Waals surface area (Å²) in [6.45, 7) is 0. The third-order valence-electron chi connectivity index (χ3n) is 11.7. The van der Waals surface area contributed by atoms with Gasteiger partial charge in [-0.3, -0.25) is 14.5 Å². The molecule has 0 amide bonds. The summed E-state index contributed by atoms with van der Waals surface area (Å²) in [7, 11) is 0. The van der Waals surface area contributed by atoms with Crippen LogP contribution in [-0.4, -0.2) is 29.5 Å². The predicted molar refractivity (Wildman–Crippen MR) is 222 cm³/mol. The molecule has 0 saturated heterocycles. The molecule has 10 aromatic rings. The Hall–Kier alpha value is -7.57. The average Bonchev–Trinajstić information content (AvgIpc) is 3.88. The molecule has 4 aromatic heterocycles. The first-order chi connectivity index (χ1) is 27.8. The fourth-order valence-corrected chi connectivity index (χ4v) is 9.31. The summed E-state index contributed by atoms with van der Waals surface area (Å²) in [4.78, 5) is 24.6. The van der Waals surface area contributed by atoms with Crippen molar-refractivity contribution in [3.63, 3.8) is 0 Å². The van der Waals surface area contributed by atoms with Crippen molar-refractivity contribution in [2.75, 3.05) is 0 Å². The molecule has 1 spiro atoms. The van der Waals surface area contributed by atoms with Crippen LogP contribution in [0.5, 0.6) is 0 Å². The van der Waals surface area contributed by atoms with Crippen LogP contribution < -0.4 is 0 Å². The lowest BCUT2D eigenvalue weighted by atomic mass is 9.71. The fraction of sp³-hybridized carbons (Fsp3) is 0.0200. The van der Waals surface area contributed by atoms with E-state index in [0.717, 1.165) is 44.1 Å². The number of nitrogens with zero attached hydrogens (tertiary/aromatic N) is 6. The maximum atomic E-state index is 5.12. The van der Waals surface area contributed by atoms with Crippen LogP contribution in [0.1, 0.15) is 22.3 Å². The molecule has 0 fully saturated rings. The van der Waals surface area contributed by atoms with Crippen LogP contribution in [0, 0.1) is 0 Å². The number of para-hydroxylation sites is 1. The Morgan fingerprint density at radius 1 is 0.375 bits per heavy atom. The van der Waals surface area contributed by atoms with Gasteiger partial charge >= 0.3 is 0 Å². The fourth-order valence-electron chi connectivity index (χ4n) is 9.31. The van der Waals surface area contributed by atoms with Gasteiger partial charge in [0.25, 0.3) is 0 Å². The summed E-state index contributed by atoms with van der Waals surface area (Å²) in [6.07, 6.45) is 7.92. The Balaban J connectivity index is 1.07. The SMILES string of the molecule is c1ccc(-c2nc(-c3ccccc3)nc(-n3c4ccccc4c4cc(-c5ccc6c(c5)C5(c7ccccc7-c7ccncc75)c5cnccc5-6)ccc43)n2)cc1. The van der Waals surface area contributed by atoms with Crippen molar-refractivity contribution in [1.29, 1.82) is 0 Å². The van der Waals surface area contributed by atoms with Crippen molar-refractivity contribution in [3.05, 3.63) is 205 Å². The van der Waals surface area contributed by atoms with E-state index in [9.17, 15) is 0 Å². The maximum Gasteiger partial charge on any atom is 0.238 e. The van der Waals surface area contributed by atoms with E-state index in [1.165, 1.54) is 44.5 Å². The molecule has 0 saturated carbocycles. The number of hydrogen-bond acceptors (Lipinski definition) is 5. The molecule has 56 heavy (non-hydrogen) atoms. The van der Waals surface area contributed by atoms with Crippen LogP contribution in [-0.2, 0) is 5.41 Å². The molecule has 4 heterocycles. The highest BCUT2D eigenvalue weighted by atomic mass is 15.2. The molecule has 260 valence electrons. The molecule has 0 radical (unpaired) electrons. The summed E-state index contributed by atoms with van der Waals surface area (Å²) in [6, 6.07) is 55.6. The smallest absolute Gasteiger partial charge is 0.238 e. The van der Waals surface area contributed by atoms with Gasteiger partial charge in [0.1, 0.15) is 0 Å². The second-order valence-corrected chi connectivity index (χ2v) is 14.5. The molecule has 0 aliphatic heterocycles. The predicted octanol–water partition coefficient (Wildman–Crippen LogP) is 11.1. The van der Waals surface area contributed by atoms with Gasteiger partial charge in [-0.15, -0.1) is 0 Å². The van der Waals surface area contributed by atoms with Gasteiger partial charge in [0.05, 0.1) is 16.4 Å². The van der Waals surface area contributed by atoms with Crippen LogP contribution in [0.25, 0.3) is 83.9 Å². The minimum Gasteiger partial charge on any atom is -0.278 e. The van der Waals surface area contributed by atoms with Gasteiger partial charge in [-0.2, -0.15) is 9.97 Å². The van der Waals surface area contributed by atoms with E-state index in [4.69, 9.17) is 15.0 Å². The van der Waals surface area contributed by atoms with Gasteiger partial charge in [0, 0.05) is 46.7 Å². The molecule has 2 aliphatic carbocycles. The van der Waals surface area contributed by atoms with Crippen LogP contribution in [0.2, 0.25) is 0 Å². The van der Waals surface area contributed by atoms with Crippen LogP contribution in [0.3, 0.4) is 0 Å². The van der Waals surface area contributed by atoms with Crippen molar-refractivity contribution >= 4 is 21.8 Å². The standard InChI is InChI=1S/C50H30N6/c1-3-11-31(12-4-1)47-53-48(32-13-5-2-6-14-32)55-49(54-47)56-45-18-10-8-16-39(45)40-27-33(20-22-46(40)56)34-19-21-36-38-24-26-52-30-44(38)50(42(36)28-34)41-17-9-7-15-35(41)37-23-25-51-29-43(37)50/h1-30H. The summed E-state index contributed by atoms with van der Waals surface area (Å²) in [5, 5.41) is 2.26. The zero-order chi connectivity index (χ0) is 36.8. The van der Waals surface area contributed by atoms with Gasteiger partial charge < -0.3 is 0 Å². The van der Waals surface area contributed by atoms with Crippen LogP contribution in [0.15, 0.2) is 183 Å². The van der Waals surface area contributed by atoms with E-state index < -0.39 is 5.41 Å². The van der Waals surface area contributed by atoms with E-state index in [-0.39, 0.29) is 0 Å². The van der Waals surface area contributed by atoms with Crippen molar-refractivity contribution in [3.8, 4) is 62.1 Å². The lowest BCUT2D eigenvalue weighted by molar-refractivity contribution is 0.783. The Bertz CT molecular complexity index is 3080. The second kappa shape index (κ2) is 11.7. The molecule has 1 atom stereocenters. The Labute approximate surface area is 322 Å². The highest BCUT2D eigenvalue weighted by molar-refractivity contribution is 6.10. The molecule has 2 aliphatic rings. The number of pyridine rings is 2. The highest BCUT2D eigenvalue weighted by Gasteiger charge is 2.52.